The maximum atomic E-state index is 12.0. The van der Waals surface area contributed by atoms with Gasteiger partial charge in [0.05, 0.1) is 0 Å². The second-order valence-electron chi connectivity index (χ2n) is 4.43. The molecule has 19 heavy (non-hydrogen) atoms. The van der Waals surface area contributed by atoms with Crippen molar-refractivity contribution in [3.63, 3.8) is 0 Å². The van der Waals surface area contributed by atoms with Gasteiger partial charge >= 0.3 is 6.03 Å². The van der Waals surface area contributed by atoms with E-state index in [2.05, 4.69) is 5.32 Å². The molecule has 1 aromatic carbocycles. The minimum atomic E-state index is -0.148. The van der Waals surface area contributed by atoms with Crippen LogP contribution < -0.4 is 5.32 Å². The molecule has 1 fully saturated rings. The van der Waals surface area contributed by atoms with Crippen LogP contribution >= 0.6 is 11.6 Å². The number of anilines is 1. The Morgan fingerprint density at radius 2 is 1.58 bits per heavy atom. The molecule has 1 N–H and O–H groups in total. The quantitative estimate of drug-likeness (QED) is 0.856. The zero-order chi connectivity index (χ0) is 13.8. The van der Waals surface area contributed by atoms with Crippen molar-refractivity contribution in [3.05, 3.63) is 29.3 Å². The average molecular weight is 282 g/mol. The van der Waals surface area contributed by atoms with Crippen molar-refractivity contribution in [1.29, 1.82) is 0 Å². The topological polar surface area (TPSA) is 52.7 Å². The van der Waals surface area contributed by atoms with Crippen molar-refractivity contribution in [3.8, 4) is 0 Å². The van der Waals surface area contributed by atoms with Crippen molar-refractivity contribution in [1.82, 2.24) is 9.80 Å². The van der Waals surface area contributed by atoms with Gasteiger partial charge in [0, 0.05) is 43.8 Å². The van der Waals surface area contributed by atoms with Crippen LogP contribution in [-0.2, 0) is 4.79 Å². The van der Waals surface area contributed by atoms with Gasteiger partial charge < -0.3 is 15.1 Å². The second-order valence-corrected chi connectivity index (χ2v) is 4.87. The highest BCUT2D eigenvalue weighted by molar-refractivity contribution is 6.30. The first-order valence-corrected chi connectivity index (χ1v) is 6.51. The molecule has 1 aliphatic rings. The fourth-order valence-electron chi connectivity index (χ4n) is 1.96. The first-order valence-electron chi connectivity index (χ1n) is 6.13. The Kier molecular flexibility index (Phi) is 4.27. The Morgan fingerprint density at radius 1 is 1.05 bits per heavy atom. The summed E-state index contributed by atoms with van der Waals surface area (Å²) in [5.41, 5.74) is 0.711. The summed E-state index contributed by atoms with van der Waals surface area (Å²) in [6.45, 7) is 3.83. The Balaban J connectivity index is 1.88. The van der Waals surface area contributed by atoms with Crippen LogP contribution in [0.25, 0.3) is 0 Å². The lowest BCUT2D eigenvalue weighted by molar-refractivity contribution is -0.130. The van der Waals surface area contributed by atoms with Crippen LogP contribution in [0.1, 0.15) is 6.92 Å². The number of piperazine rings is 1. The molecule has 0 bridgehead atoms. The van der Waals surface area contributed by atoms with E-state index < -0.39 is 0 Å². The Labute approximate surface area is 117 Å². The molecule has 1 saturated heterocycles. The Bertz CT molecular complexity index is 467. The number of benzene rings is 1. The number of urea groups is 1. The molecule has 1 heterocycles. The van der Waals surface area contributed by atoms with Gasteiger partial charge in [0.1, 0.15) is 0 Å². The minimum Gasteiger partial charge on any atom is -0.339 e. The lowest BCUT2D eigenvalue weighted by Gasteiger charge is -2.34. The summed E-state index contributed by atoms with van der Waals surface area (Å²) in [5, 5.41) is 3.44. The normalized spacial score (nSPS) is 15.3. The zero-order valence-corrected chi connectivity index (χ0v) is 11.5. The van der Waals surface area contributed by atoms with Crippen molar-refractivity contribution in [2.75, 3.05) is 31.5 Å². The van der Waals surface area contributed by atoms with Gasteiger partial charge in [-0.25, -0.2) is 4.79 Å². The molecule has 0 aliphatic carbocycles. The number of rotatable bonds is 1. The average Bonchev–Trinajstić information content (AvgIpc) is 2.41. The highest BCUT2D eigenvalue weighted by Gasteiger charge is 2.22. The molecule has 0 aromatic heterocycles. The van der Waals surface area contributed by atoms with Gasteiger partial charge in [-0.15, -0.1) is 0 Å². The molecular formula is C13H16ClN3O2. The van der Waals surface area contributed by atoms with Crippen molar-refractivity contribution in [2.24, 2.45) is 0 Å². The molecule has 3 amide bonds. The van der Waals surface area contributed by atoms with E-state index in [1.165, 1.54) is 0 Å². The Morgan fingerprint density at radius 3 is 2.11 bits per heavy atom. The molecule has 0 atom stereocenters. The van der Waals surface area contributed by atoms with Crippen molar-refractivity contribution >= 4 is 29.2 Å². The lowest BCUT2D eigenvalue weighted by atomic mass is 10.3. The van der Waals surface area contributed by atoms with E-state index in [-0.39, 0.29) is 11.9 Å². The van der Waals surface area contributed by atoms with Gasteiger partial charge in [-0.2, -0.15) is 0 Å². The molecule has 6 heteroatoms. The maximum absolute atomic E-state index is 12.0. The van der Waals surface area contributed by atoms with Crippen LogP contribution in [0.3, 0.4) is 0 Å². The van der Waals surface area contributed by atoms with Gasteiger partial charge in [0.15, 0.2) is 0 Å². The van der Waals surface area contributed by atoms with E-state index >= 15 is 0 Å². The predicted octanol–water partition coefficient (Wildman–Crippen LogP) is 2.04. The van der Waals surface area contributed by atoms with Gasteiger partial charge in [-0.05, 0) is 24.3 Å². The van der Waals surface area contributed by atoms with E-state index in [1.807, 2.05) is 0 Å². The highest BCUT2D eigenvalue weighted by Crippen LogP contribution is 2.14. The van der Waals surface area contributed by atoms with E-state index in [0.717, 1.165) is 0 Å². The molecule has 0 saturated carbocycles. The van der Waals surface area contributed by atoms with Crippen LogP contribution in [0.15, 0.2) is 24.3 Å². The van der Waals surface area contributed by atoms with Gasteiger partial charge in [0.25, 0.3) is 0 Å². The highest BCUT2D eigenvalue weighted by atomic mass is 35.5. The molecule has 1 aromatic rings. The second kappa shape index (κ2) is 5.93. The van der Waals surface area contributed by atoms with Gasteiger partial charge in [-0.1, -0.05) is 11.6 Å². The van der Waals surface area contributed by atoms with E-state index in [4.69, 9.17) is 11.6 Å². The number of carbonyl (C=O) groups is 2. The molecule has 0 spiro atoms. The van der Waals surface area contributed by atoms with Crippen LogP contribution in [0.2, 0.25) is 5.02 Å². The number of amides is 3. The summed E-state index contributed by atoms with van der Waals surface area (Å²) in [6.07, 6.45) is 0. The lowest BCUT2D eigenvalue weighted by Crippen LogP contribution is -2.51. The Hall–Kier alpha value is -1.75. The summed E-state index contributed by atoms with van der Waals surface area (Å²) in [4.78, 5) is 26.6. The molecule has 2 rings (SSSR count). The monoisotopic (exact) mass is 281 g/mol. The minimum absolute atomic E-state index is 0.0535. The summed E-state index contributed by atoms with van der Waals surface area (Å²) in [7, 11) is 0. The third-order valence-corrected chi connectivity index (χ3v) is 3.36. The molecule has 0 radical (unpaired) electrons. The molecule has 0 unspecified atom stereocenters. The van der Waals surface area contributed by atoms with Crippen LogP contribution in [0.5, 0.6) is 0 Å². The number of nitrogens with one attached hydrogen (secondary N) is 1. The summed E-state index contributed by atoms with van der Waals surface area (Å²) in [6, 6.07) is 6.82. The third-order valence-electron chi connectivity index (χ3n) is 3.11. The maximum Gasteiger partial charge on any atom is 0.321 e. The number of halogens is 1. The number of hydrogen-bond acceptors (Lipinski definition) is 2. The summed E-state index contributed by atoms with van der Waals surface area (Å²) < 4.78 is 0. The van der Waals surface area contributed by atoms with E-state index in [1.54, 1.807) is 41.0 Å². The van der Waals surface area contributed by atoms with Gasteiger partial charge in [0.2, 0.25) is 5.91 Å². The first kappa shape index (κ1) is 13.7. The van der Waals surface area contributed by atoms with E-state index in [0.29, 0.717) is 36.9 Å². The fraction of sp³-hybridized carbons (Fsp3) is 0.385. The van der Waals surface area contributed by atoms with Crippen LogP contribution in [-0.4, -0.2) is 47.9 Å². The fourth-order valence-corrected chi connectivity index (χ4v) is 2.09. The van der Waals surface area contributed by atoms with Gasteiger partial charge in [-0.3, -0.25) is 4.79 Å². The van der Waals surface area contributed by atoms with Crippen LogP contribution in [0.4, 0.5) is 10.5 Å². The largest absolute Gasteiger partial charge is 0.339 e. The van der Waals surface area contributed by atoms with Crippen molar-refractivity contribution < 1.29 is 9.59 Å². The number of carbonyl (C=O) groups excluding carboxylic acids is 2. The molecular weight excluding hydrogens is 266 g/mol. The summed E-state index contributed by atoms with van der Waals surface area (Å²) in [5.74, 6) is 0.0535. The standard InChI is InChI=1S/C13H16ClN3O2/c1-10(18)16-6-8-17(9-7-16)13(19)15-12-4-2-11(14)3-5-12/h2-5H,6-9H2,1H3,(H,15,19). The summed E-state index contributed by atoms with van der Waals surface area (Å²) >= 11 is 5.78. The van der Waals surface area contributed by atoms with Crippen molar-refractivity contribution in [2.45, 2.75) is 6.92 Å². The number of nitrogens with zero attached hydrogens (tertiary/aromatic N) is 2. The smallest absolute Gasteiger partial charge is 0.321 e. The first-order chi connectivity index (χ1) is 9.06. The zero-order valence-electron chi connectivity index (χ0n) is 10.7. The molecule has 102 valence electrons. The van der Waals surface area contributed by atoms with Crippen LogP contribution in [0, 0.1) is 0 Å². The molecule has 1 aliphatic heterocycles. The number of hydrogen-bond donors (Lipinski definition) is 1. The molecule has 5 nitrogen and oxygen atoms in total. The SMILES string of the molecule is CC(=O)N1CCN(C(=O)Nc2ccc(Cl)cc2)CC1. The predicted molar refractivity (Wildman–Crippen MR) is 74.3 cm³/mol. The third kappa shape index (κ3) is 3.61. The van der Waals surface area contributed by atoms with E-state index in [9.17, 15) is 9.59 Å².